The van der Waals surface area contributed by atoms with Crippen LogP contribution < -0.4 is 5.32 Å². The lowest BCUT2D eigenvalue weighted by Crippen LogP contribution is -2.21. The first kappa shape index (κ1) is 14.5. The van der Waals surface area contributed by atoms with Gasteiger partial charge in [-0.25, -0.2) is 0 Å². The van der Waals surface area contributed by atoms with E-state index in [0.29, 0.717) is 19.3 Å². The molecule has 0 aliphatic heterocycles. The molecule has 1 amide bonds. The number of nitrogens with zero attached hydrogens (tertiary/aromatic N) is 1. The smallest absolute Gasteiger partial charge is 0.306 e. The predicted molar refractivity (Wildman–Crippen MR) is 83.6 cm³/mol. The van der Waals surface area contributed by atoms with E-state index in [-0.39, 0.29) is 11.8 Å². The molecule has 1 heterocycles. The van der Waals surface area contributed by atoms with Crippen LogP contribution in [-0.2, 0) is 9.59 Å². The van der Waals surface area contributed by atoms with E-state index in [4.69, 9.17) is 5.11 Å². The zero-order valence-corrected chi connectivity index (χ0v) is 12.4. The molecule has 2 aromatic rings. The lowest BCUT2D eigenvalue weighted by molar-refractivity contribution is -0.141. The number of hydrogen-bond donors (Lipinski definition) is 2. The topological polar surface area (TPSA) is 79.3 Å². The molecule has 0 saturated heterocycles. The molecular weight excluding hydrogens is 280 g/mol. The molecule has 1 aliphatic rings. The quantitative estimate of drug-likeness (QED) is 0.913. The number of aryl methyl sites for hydroxylation is 1. The Morgan fingerprint density at radius 1 is 1.23 bits per heavy atom. The fourth-order valence-corrected chi connectivity index (χ4v) is 3.10. The van der Waals surface area contributed by atoms with E-state index in [2.05, 4.69) is 10.3 Å². The monoisotopic (exact) mass is 298 g/mol. The number of aromatic nitrogens is 1. The summed E-state index contributed by atoms with van der Waals surface area (Å²) in [5.41, 5.74) is 2.66. The molecule has 0 radical (unpaired) electrons. The van der Waals surface area contributed by atoms with Gasteiger partial charge < -0.3 is 10.4 Å². The molecule has 1 aromatic carbocycles. The van der Waals surface area contributed by atoms with Crippen LogP contribution in [0.1, 0.15) is 24.8 Å². The maximum atomic E-state index is 12.4. The fourth-order valence-electron chi connectivity index (χ4n) is 3.10. The van der Waals surface area contributed by atoms with Crippen LogP contribution in [-0.4, -0.2) is 22.0 Å². The Balaban J connectivity index is 1.81. The van der Waals surface area contributed by atoms with Crippen LogP contribution in [0.25, 0.3) is 10.9 Å². The molecule has 1 saturated carbocycles. The average Bonchev–Trinajstić information content (AvgIpc) is 3.01. The molecule has 1 aromatic heterocycles. The van der Waals surface area contributed by atoms with Gasteiger partial charge in [-0.3, -0.25) is 14.6 Å². The van der Waals surface area contributed by atoms with Gasteiger partial charge in [-0.1, -0.05) is 6.07 Å². The highest BCUT2D eigenvalue weighted by Gasteiger charge is 2.33. The third-order valence-electron chi connectivity index (χ3n) is 4.38. The second-order valence-electron chi connectivity index (χ2n) is 5.86. The summed E-state index contributed by atoms with van der Waals surface area (Å²) in [6, 6.07) is 7.58. The molecule has 1 aliphatic carbocycles. The van der Waals surface area contributed by atoms with Crippen molar-refractivity contribution in [3.05, 3.63) is 36.0 Å². The van der Waals surface area contributed by atoms with Gasteiger partial charge in [-0.15, -0.1) is 0 Å². The van der Waals surface area contributed by atoms with Crippen LogP contribution in [0.5, 0.6) is 0 Å². The van der Waals surface area contributed by atoms with Crippen molar-refractivity contribution >= 4 is 28.5 Å². The first-order chi connectivity index (χ1) is 10.6. The number of anilines is 1. The zero-order chi connectivity index (χ0) is 15.7. The van der Waals surface area contributed by atoms with Crippen molar-refractivity contribution in [2.75, 3.05) is 5.32 Å². The Bertz CT molecular complexity index is 742. The molecule has 5 nitrogen and oxygen atoms in total. The Morgan fingerprint density at radius 3 is 2.73 bits per heavy atom. The molecule has 0 unspecified atom stereocenters. The molecule has 2 atom stereocenters. The van der Waals surface area contributed by atoms with Crippen molar-refractivity contribution in [2.45, 2.75) is 26.2 Å². The normalized spacial score (nSPS) is 21.0. The van der Waals surface area contributed by atoms with E-state index < -0.39 is 11.9 Å². The van der Waals surface area contributed by atoms with Gasteiger partial charge in [0, 0.05) is 17.5 Å². The predicted octanol–water partition coefficient (Wildman–Crippen LogP) is 2.98. The number of nitrogens with one attached hydrogen (secondary N) is 1. The second-order valence-corrected chi connectivity index (χ2v) is 5.86. The van der Waals surface area contributed by atoms with Crippen molar-refractivity contribution < 1.29 is 14.7 Å². The standard InChI is InChI=1S/C17H18N2O3/c1-10-4-7-14(13-3-2-8-18-15(10)13)19-16(20)11-5-6-12(9-11)17(21)22/h2-4,7-8,11-12H,5-6,9H2,1H3,(H,19,20)(H,21,22)/t11-,12+/m1/s1. The van der Waals surface area contributed by atoms with Gasteiger partial charge in [-0.05, 0) is 49.9 Å². The van der Waals surface area contributed by atoms with E-state index >= 15 is 0 Å². The SMILES string of the molecule is Cc1ccc(NC(=O)[C@@H]2CC[C@H](C(=O)O)C2)c2cccnc12. The number of carbonyl (C=O) groups is 2. The fraction of sp³-hybridized carbons (Fsp3) is 0.353. The van der Waals surface area contributed by atoms with Gasteiger partial charge in [0.15, 0.2) is 0 Å². The first-order valence-corrected chi connectivity index (χ1v) is 7.44. The molecule has 114 valence electrons. The summed E-state index contributed by atoms with van der Waals surface area (Å²) in [6.07, 6.45) is 3.35. The summed E-state index contributed by atoms with van der Waals surface area (Å²) in [7, 11) is 0. The number of hydrogen-bond acceptors (Lipinski definition) is 3. The number of carboxylic acid groups (broad SMARTS) is 1. The van der Waals surface area contributed by atoms with Gasteiger partial charge in [0.25, 0.3) is 0 Å². The second kappa shape index (κ2) is 5.75. The largest absolute Gasteiger partial charge is 0.481 e. The number of carboxylic acids is 1. The summed E-state index contributed by atoms with van der Waals surface area (Å²) < 4.78 is 0. The van der Waals surface area contributed by atoms with Crippen molar-refractivity contribution in [2.24, 2.45) is 11.8 Å². The Kier molecular flexibility index (Phi) is 3.79. The summed E-state index contributed by atoms with van der Waals surface area (Å²) in [4.78, 5) is 27.7. The van der Waals surface area contributed by atoms with E-state index in [1.807, 2.05) is 31.2 Å². The summed E-state index contributed by atoms with van der Waals surface area (Å²) in [6.45, 7) is 1.98. The van der Waals surface area contributed by atoms with Crippen molar-refractivity contribution in [1.29, 1.82) is 0 Å². The number of fused-ring (bicyclic) bond motifs is 1. The van der Waals surface area contributed by atoms with Crippen LogP contribution in [0.2, 0.25) is 0 Å². The van der Waals surface area contributed by atoms with E-state index in [0.717, 1.165) is 22.2 Å². The van der Waals surface area contributed by atoms with Crippen molar-refractivity contribution in [3.8, 4) is 0 Å². The van der Waals surface area contributed by atoms with Crippen LogP contribution in [0.4, 0.5) is 5.69 Å². The van der Waals surface area contributed by atoms with E-state index in [9.17, 15) is 9.59 Å². The minimum atomic E-state index is -0.805. The molecule has 5 heteroatoms. The number of pyridine rings is 1. The summed E-state index contributed by atoms with van der Waals surface area (Å²) in [5.74, 6) is -1.53. The number of benzene rings is 1. The number of amides is 1. The van der Waals surface area contributed by atoms with Crippen molar-refractivity contribution in [1.82, 2.24) is 4.98 Å². The third kappa shape index (κ3) is 2.66. The molecule has 2 N–H and O–H groups in total. The van der Waals surface area contributed by atoms with Crippen LogP contribution >= 0.6 is 0 Å². The zero-order valence-electron chi connectivity index (χ0n) is 12.4. The number of aliphatic carboxylic acids is 1. The van der Waals surface area contributed by atoms with Crippen LogP contribution in [0.3, 0.4) is 0 Å². The molecule has 3 rings (SSSR count). The molecular formula is C17H18N2O3. The Labute approximate surface area is 128 Å². The maximum absolute atomic E-state index is 12.4. The van der Waals surface area contributed by atoms with Gasteiger partial charge in [0.1, 0.15) is 0 Å². The lowest BCUT2D eigenvalue weighted by atomic mass is 10.0. The highest BCUT2D eigenvalue weighted by molar-refractivity contribution is 6.02. The van der Waals surface area contributed by atoms with Crippen LogP contribution in [0.15, 0.2) is 30.5 Å². The highest BCUT2D eigenvalue weighted by atomic mass is 16.4. The minimum absolute atomic E-state index is 0.0993. The van der Waals surface area contributed by atoms with Gasteiger partial charge in [-0.2, -0.15) is 0 Å². The number of carbonyl (C=O) groups excluding carboxylic acids is 1. The molecule has 0 spiro atoms. The Morgan fingerprint density at radius 2 is 2.00 bits per heavy atom. The van der Waals surface area contributed by atoms with Gasteiger partial charge >= 0.3 is 5.97 Å². The molecule has 22 heavy (non-hydrogen) atoms. The summed E-state index contributed by atoms with van der Waals surface area (Å²) in [5, 5.41) is 12.9. The maximum Gasteiger partial charge on any atom is 0.306 e. The van der Waals surface area contributed by atoms with E-state index in [1.165, 1.54) is 0 Å². The summed E-state index contributed by atoms with van der Waals surface area (Å²) >= 11 is 0. The number of rotatable bonds is 3. The highest BCUT2D eigenvalue weighted by Crippen LogP contribution is 2.33. The first-order valence-electron chi connectivity index (χ1n) is 7.44. The Hall–Kier alpha value is -2.43. The minimum Gasteiger partial charge on any atom is -0.481 e. The molecule has 1 fully saturated rings. The van der Waals surface area contributed by atoms with Crippen LogP contribution in [0, 0.1) is 18.8 Å². The van der Waals surface area contributed by atoms with Gasteiger partial charge in [0.05, 0.1) is 17.1 Å². The van der Waals surface area contributed by atoms with Crippen molar-refractivity contribution in [3.63, 3.8) is 0 Å². The van der Waals surface area contributed by atoms with E-state index in [1.54, 1.807) is 6.20 Å². The van der Waals surface area contributed by atoms with Gasteiger partial charge in [0.2, 0.25) is 5.91 Å². The lowest BCUT2D eigenvalue weighted by Gasteiger charge is -2.13. The molecule has 0 bridgehead atoms. The third-order valence-corrected chi connectivity index (χ3v) is 4.38. The average molecular weight is 298 g/mol.